The summed E-state index contributed by atoms with van der Waals surface area (Å²) < 4.78 is 27.7. The third kappa shape index (κ3) is 3.40. The number of aliphatic hydroxyl groups excluding tert-OH is 1. The zero-order valence-electron chi connectivity index (χ0n) is 22.0. The van der Waals surface area contributed by atoms with Crippen LogP contribution < -0.4 is 15.6 Å². The summed E-state index contributed by atoms with van der Waals surface area (Å²) in [5.74, 6) is -1.54. The molecule has 0 radical (unpaired) electrons. The summed E-state index contributed by atoms with van der Waals surface area (Å²) in [4.78, 5) is 44.1. The van der Waals surface area contributed by atoms with Crippen molar-refractivity contribution in [2.45, 2.75) is 70.4 Å². The van der Waals surface area contributed by atoms with Gasteiger partial charge >= 0.3 is 5.97 Å². The fraction of sp³-hybridized carbons (Fsp3) is 0.448. The number of aliphatic hydroxyl groups is 2. The molecule has 1 saturated carbocycles. The van der Waals surface area contributed by atoms with Crippen LogP contribution in [0.5, 0.6) is 5.75 Å². The molecule has 10 nitrogen and oxygen atoms in total. The molecule has 4 aliphatic rings. The van der Waals surface area contributed by atoms with Crippen LogP contribution in [-0.2, 0) is 33.1 Å². The topological polar surface area (TPSA) is 140 Å². The highest BCUT2D eigenvalue weighted by molar-refractivity contribution is 5.95. The second kappa shape index (κ2) is 8.58. The second-order valence-electron chi connectivity index (χ2n) is 11.1. The number of esters is 1. The highest BCUT2D eigenvalue weighted by Gasteiger charge is 2.46. The van der Waals surface area contributed by atoms with Crippen molar-refractivity contribution in [3.8, 4) is 17.1 Å². The number of fused-ring (bicyclic) bond motifs is 5. The Bertz CT molecular complexity index is 1710. The first-order valence-corrected chi connectivity index (χ1v) is 13.6. The van der Waals surface area contributed by atoms with Gasteiger partial charge in [0.1, 0.15) is 24.3 Å². The molecule has 5 heterocycles. The summed E-state index contributed by atoms with van der Waals surface area (Å²) in [7, 11) is 0. The van der Waals surface area contributed by atoms with Gasteiger partial charge in [0.2, 0.25) is 5.91 Å². The smallest absolute Gasteiger partial charge is 0.343 e. The molecule has 40 heavy (non-hydrogen) atoms. The molecular formula is C29H28FN3O7. The summed E-state index contributed by atoms with van der Waals surface area (Å²) in [5, 5.41) is 25.2. The number of carbonyl (C=O) groups excluding carboxylic acids is 2. The number of amides is 1. The molecule has 1 amide bonds. The Morgan fingerprint density at radius 3 is 2.75 bits per heavy atom. The lowest BCUT2D eigenvalue weighted by atomic mass is 9.86. The van der Waals surface area contributed by atoms with E-state index >= 15 is 4.39 Å². The molecule has 3 aliphatic heterocycles. The van der Waals surface area contributed by atoms with Gasteiger partial charge in [-0.3, -0.25) is 9.59 Å². The van der Waals surface area contributed by atoms with Crippen molar-refractivity contribution in [1.29, 1.82) is 0 Å². The van der Waals surface area contributed by atoms with E-state index in [1.807, 2.05) is 0 Å². The first-order chi connectivity index (χ1) is 19.1. The van der Waals surface area contributed by atoms with Gasteiger partial charge in [0.15, 0.2) is 5.60 Å². The molecule has 11 heteroatoms. The lowest BCUT2D eigenvalue weighted by Gasteiger charge is -2.31. The summed E-state index contributed by atoms with van der Waals surface area (Å²) in [5.41, 5.74) is 0.679. The van der Waals surface area contributed by atoms with Crippen molar-refractivity contribution < 1.29 is 33.7 Å². The molecule has 1 fully saturated rings. The fourth-order valence-corrected chi connectivity index (χ4v) is 6.33. The summed E-state index contributed by atoms with van der Waals surface area (Å²) >= 11 is 0. The number of carbonyl (C=O) groups is 2. The predicted octanol–water partition coefficient (Wildman–Crippen LogP) is 2.24. The van der Waals surface area contributed by atoms with Crippen molar-refractivity contribution in [1.82, 2.24) is 14.9 Å². The van der Waals surface area contributed by atoms with Gasteiger partial charge in [-0.15, -0.1) is 0 Å². The third-order valence-electron chi connectivity index (χ3n) is 8.81. The van der Waals surface area contributed by atoms with Gasteiger partial charge in [-0.1, -0.05) is 6.92 Å². The van der Waals surface area contributed by atoms with Gasteiger partial charge in [0.05, 0.1) is 41.7 Å². The normalized spacial score (nSPS) is 23.4. The van der Waals surface area contributed by atoms with Crippen LogP contribution in [0.3, 0.4) is 0 Å². The molecule has 0 unspecified atom stereocenters. The van der Waals surface area contributed by atoms with E-state index < -0.39 is 41.0 Å². The number of nitrogens with one attached hydrogen (secondary N) is 1. The number of halogens is 1. The maximum Gasteiger partial charge on any atom is 0.343 e. The lowest BCUT2D eigenvalue weighted by Crippen LogP contribution is -2.44. The van der Waals surface area contributed by atoms with Crippen LogP contribution in [0.15, 0.2) is 16.9 Å². The van der Waals surface area contributed by atoms with Crippen LogP contribution >= 0.6 is 0 Å². The monoisotopic (exact) mass is 549 g/mol. The molecule has 208 valence electrons. The van der Waals surface area contributed by atoms with Crippen molar-refractivity contribution in [3.05, 3.63) is 56.1 Å². The number of hydrogen-bond acceptors (Lipinski definition) is 8. The van der Waals surface area contributed by atoms with E-state index in [2.05, 4.69) is 5.32 Å². The molecule has 2 aromatic heterocycles. The molecule has 1 aliphatic carbocycles. The van der Waals surface area contributed by atoms with Gasteiger partial charge in [-0.25, -0.2) is 14.2 Å². The molecular weight excluding hydrogens is 521 g/mol. The number of hydrogen-bond donors (Lipinski definition) is 3. The average Bonchev–Trinajstić information content (AvgIpc) is 3.74. The largest absolute Gasteiger partial charge is 0.492 e. The Balaban J connectivity index is 1.47. The van der Waals surface area contributed by atoms with Crippen molar-refractivity contribution in [2.75, 3.05) is 6.61 Å². The Morgan fingerprint density at radius 1 is 1.25 bits per heavy atom. The van der Waals surface area contributed by atoms with Crippen molar-refractivity contribution >= 4 is 22.8 Å². The molecule has 0 spiro atoms. The highest BCUT2D eigenvalue weighted by atomic mass is 19.1. The minimum Gasteiger partial charge on any atom is -0.492 e. The third-order valence-corrected chi connectivity index (χ3v) is 8.81. The average molecular weight is 550 g/mol. The standard InChI is InChI=1S/C29H28FN3O7/c1-3-29(38)16-8-20-23-14(10-33(20)27(36)15(16)11-40-28(29)37)21-18(32-26(35)24(34)13-4-5-13)6-7-39-25-12(2)17(30)9-19(31-23)22(21)25/h8-9,13,18,24,34,38H,3-7,10-11H2,1-2H3,(H,32,35)/t18-,24+,29-/m0/s1. The molecule has 0 bridgehead atoms. The van der Waals surface area contributed by atoms with E-state index in [9.17, 15) is 24.6 Å². The first-order valence-electron chi connectivity index (χ1n) is 13.6. The SMILES string of the molecule is CC[C@@]1(O)C(=O)OCc2c1cc1n(c2=O)Cc2c-1nc1cc(F)c(C)c3c1c2[C@@H](NC(=O)[C@H](O)C1CC1)CCO3. The van der Waals surface area contributed by atoms with Crippen LogP contribution in [0.2, 0.25) is 0 Å². The lowest BCUT2D eigenvalue weighted by molar-refractivity contribution is -0.172. The highest BCUT2D eigenvalue weighted by Crippen LogP contribution is 2.46. The van der Waals surface area contributed by atoms with E-state index in [1.165, 1.54) is 10.6 Å². The summed E-state index contributed by atoms with van der Waals surface area (Å²) in [6, 6.07) is 2.31. The molecule has 1 aromatic carbocycles. The van der Waals surface area contributed by atoms with Crippen molar-refractivity contribution in [3.63, 3.8) is 0 Å². The zero-order chi connectivity index (χ0) is 28.1. The van der Waals surface area contributed by atoms with Gasteiger partial charge in [0.25, 0.3) is 5.56 Å². The zero-order valence-corrected chi connectivity index (χ0v) is 22.0. The first kappa shape index (κ1) is 25.2. The Kier molecular flexibility index (Phi) is 5.40. The molecule has 0 saturated heterocycles. The molecule has 3 aromatic rings. The van der Waals surface area contributed by atoms with Gasteiger partial charge < -0.3 is 29.6 Å². The van der Waals surface area contributed by atoms with Gasteiger partial charge in [-0.05, 0) is 43.7 Å². The number of aromatic nitrogens is 2. The minimum atomic E-state index is -1.98. The minimum absolute atomic E-state index is 0.00754. The second-order valence-corrected chi connectivity index (χ2v) is 11.1. The van der Waals surface area contributed by atoms with Crippen molar-refractivity contribution in [2.24, 2.45) is 5.92 Å². The summed E-state index contributed by atoms with van der Waals surface area (Å²) in [6.07, 6.45) is 0.813. The van der Waals surface area contributed by atoms with E-state index in [1.54, 1.807) is 19.9 Å². The number of cyclic esters (lactones) is 1. The number of ether oxygens (including phenoxy) is 2. The summed E-state index contributed by atoms with van der Waals surface area (Å²) in [6.45, 7) is 3.30. The van der Waals surface area contributed by atoms with E-state index in [4.69, 9.17) is 14.5 Å². The number of pyridine rings is 2. The maximum absolute atomic E-state index is 15.1. The maximum atomic E-state index is 15.1. The quantitative estimate of drug-likeness (QED) is 0.330. The van der Waals surface area contributed by atoms with Crippen LogP contribution in [0.25, 0.3) is 22.3 Å². The van der Waals surface area contributed by atoms with Crippen LogP contribution in [0.4, 0.5) is 4.39 Å². The molecule has 3 N–H and O–H groups in total. The fourth-order valence-electron chi connectivity index (χ4n) is 6.33. The van der Waals surface area contributed by atoms with Crippen LogP contribution in [0.1, 0.15) is 66.5 Å². The van der Waals surface area contributed by atoms with Crippen LogP contribution in [-0.4, -0.2) is 44.4 Å². The Labute approximate surface area is 227 Å². The molecule has 3 atom stereocenters. The van der Waals surface area contributed by atoms with Gasteiger partial charge in [-0.2, -0.15) is 0 Å². The Morgan fingerprint density at radius 2 is 2.02 bits per heavy atom. The van der Waals surface area contributed by atoms with Crippen LogP contribution in [0, 0.1) is 18.7 Å². The number of benzene rings is 1. The Hall–Kier alpha value is -3.83. The molecule has 7 rings (SSSR count). The van der Waals surface area contributed by atoms with E-state index in [0.717, 1.165) is 12.8 Å². The van der Waals surface area contributed by atoms with E-state index in [-0.39, 0.29) is 43.2 Å². The van der Waals surface area contributed by atoms with E-state index in [0.29, 0.717) is 51.2 Å². The number of nitrogens with zero attached hydrogens (tertiary/aromatic N) is 2. The number of rotatable bonds is 4. The predicted molar refractivity (Wildman–Crippen MR) is 139 cm³/mol. The van der Waals surface area contributed by atoms with Gasteiger partial charge in [0, 0.05) is 34.6 Å².